The largest absolute Gasteiger partial charge is 0.377 e. The Balaban J connectivity index is 1.90. The van der Waals surface area contributed by atoms with Crippen LogP contribution in [0, 0.1) is 0 Å². The predicted octanol–water partition coefficient (Wildman–Crippen LogP) is 2.42. The highest BCUT2D eigenvalue weighted by atomic mass is 16.5. The average molecular weight is 258 g/mol. The molecule has 100 valence electrons. The first-order valence-corrected chi connectivity index (χ1v) is 6.72. The van der Waals surface area contributed by atoms with Crippen LogP contribution in [0.4, 0.5) is 0 Å². The van der Waals surface area contributed by atoms with Crippen molar-refractivity contribution in [1.82, 2.24) is 9.88 Å². The third-order valence-corrected chi connectivity index (χ3v) is 3.56. The van der Waals surface area contributed by atoms with E-state index in [4.69, 9.17) is 4.74 Å². The molecule has 0 radical (unpaired) electrons. The molecule has 1 fully saturated rings. The summed E-state index contributed by atoms with van der Waals surface area (Å²) >= 11 is 0. The normalized spacial score (nSPS) is 20.5. The van der Waals surface area contributed by atoms with Gasteiger partial charge in [0.05, 0.1) is 11.7 Å². The molecule has 1 amide bonds. The molecular formula is C15H18N2O2. The lowest BCUT2D eigenvalue weighted by molar-refractivity contribution is 0.0564. The number of nitrogens with one attached hydrogen (secondary N) is 1. The fraction of sp³-hybridized carbons (Fsp3) is 0.400. The number of hydrogen-bond acceptors (Lipinski definition) is 2. The van der Waals surface area contributed by atoms with Crippen molar-refractivity contribution in [3.05, 3.63) is 36.0 Å². The number of para-hydroxylation sites is 1. The summed E-state index contributed by atoms with van der Waals surface area (Å²) < 4.78 is 5.59. The molecular weight excluding hydrogens is 240 g/mol. The summed E-state index contributed by atoms with van der Waals surface area (Å²) in [4.78, 5) is 17.7. The zero-order valence-corrected chi connectivity index (χ0v) is 11.1. The molecule has 1 atom stereocenters. The van der Waals surface area contributed by atoms with Crippen molar-refractivity contribution < 1.29 is 9.53 Å². The van der Waals surface area contributed by atoms with Crippen molar-refractivity contribution in [2.45, 2.75) is 19.4 Å². The van der Waals surface area contributed by atoms with Gasteiger partial charge in [-0.1, -0.05) is 18.2 Å². The molecule has 1 N–H and O–H groups in total. The molecule has 3 rings (SSSR count). The van der Waals surface area contributed by atoms with Gasteiger partial charge in [-0.25, -0.2) is 0 Å². The summed E-state index contributed by atoms with van der Waals surface area (Å²) in [6.45, 7) is 4.18. The SMILES string of the molecule is CC1CN(C(=O)c2c[nH]c3ccccc23)CCCO1. The van der Waals surface area contributed by atoms with Crippen molar-refractivity contribution in [3.63, 3.8) is 0 Å². The Morgan fingerprint density at radius 1 is 1.42 bits per heavy atom. The van der Waals surface area contributed by atoms with Gasteiger partial charge in [0, 0.05) is 36.8 Å². The monoisotopic (exact) mass is 258 g/mol. The van der Waals surface area contributed by atoms with Crippen LogP contribution < -0.4 is 0 Å². The number of nitrogens with zero attached hydrogens (tertiary/aromatic N) is 1. The minimum atomic E-state index is 0.0924. The van der Waals surface area contributed by atoms with Crippen LogP contribution >= 0.6 is 0 Å². The summed E-state index contributed by atoms with van der Waals surface area (Å²) in [5.74, 6) is 0.0924. The smallest absolute Gasteiger partial charge is 0.256 e. The van der Waals surface area contributed by atoms with Gasteiger partial charge in [-0.15, -0.1) is 0 Å². The van der Waals surface area contributed by atoms with Crippen molar-refractivity contribution in [1.29, 1.82) is 0 Å². The number of carbonyl (C=O) groups is 1. The minimum Gasteiger partial charge on any atom is -0.377 e. The van der Waals surface area contributed by atoms with Crippen molar-refractivity contribution in [3.8, 4) is 0 Å². The highest BCUT2D eigenvalue weighted by Gasteiger charge is 2.22. The number of fused-ring (bicyclic) bond motifs is 1. The second-order valence-corrected chi connectivity index (χ2v) is 5.03. The summed E-state index contributed by atoms with van der Waals surface area (Å²) in [5, 5.41) is 0.991. The van der Waals surface area contributed by atoms with E-state index in [1.807, 2.05) is 42.3 Å². The summed E-state index contributed by atoms with van der Waals surface area (Å²) in [6, 6.07) is 7.90. The van der Waals surface area contributed by atoms with Gasteiger partial charge < -0.3 is 14.6 Å². The molecule has 1 aliphatic rings. The average Bonchev–Trinajstić information content (AvgIpc) is 2.73. The van der Waals surface area contributed by atoms with E-state index in [0.717, 1.165) is 36.0 Å². The van der Waals surface area contributed by atoms with Crippen molar-refractivity contribution >= 4 is 16.8 Å². The van der Waals surface area contributed by atoms with Gasteiger partial charge in [-0.3, -0.25) is 4.79 Å². The molecule has 0 bridgehead atoms. The number of aromatic nitrogens is 1. The van der Waals surface area contributed by atoms with Gasteiger partial charge in [-0.05, 0) is 19.4 Å². The molecule has 2 heterocycles. The van der Waals surface area contributed by atoms with E-state index in [9.17, 15) is 4.79 Å². The predicted molar refractivity (Wildman–Crippen MR) is 74.2 cm³/mol. The zero-order valence-electron chi connectivity index (χ0n) is 11.1. The Morgan fingerprint density at radius 3 is 3.16 bits per heavy atom. The molecule has 1 aliphatic heterocycles. The van der Waals surface area contributed by atoms with Gasteiger partial charge in [0.15, 0.2) is 0 Å². The van der Waals surface area contributed by atoms with E-state index in [1.165, 1.54) is 0 Å². The Morgan fingerprint density at radius 2 is 2.26 bits per heavy atom. The van der Waals surface area contributed by atoms with Crippen LogP contribution in [-0.4, -0.2) is 41.6 Å². The molecule has 1 aromatic heterocycles. The van der Waals surface area contributed by atoms with Crippen LogP contribution in [-0.2, 0) is 4.74 Å². The Hall–Kier alpha value is -1.81. The molecule has 19 heavy (non-hydrogen) atoms. The highest BCUT2D eigenvalue weighted by Crippen LogP contribution is 2.20. The molecule has 0 saturated carbocycles. The number of H-pyrrole nitrogens is 1. The lowest BCUT2D eigenvalue weighted by atomic mass is 10.1. The highest BCUT2D eigenvalue weighted by molar-refractivity contribution is 6.06. The number of rotatable bonds is 1. The third-order valence-electron chi connectivity index (χ3n) is 3.56. The third kappa shape index (κ3) is 2.36. The second kappa shape index (κ2) is 5.05. The molecule has 2 aromatic rings. The van der Waals surface area contributed by atoms with E-state index < -0.39 is 0 Å². The molecule has 0 spiro atoms. The first-order valence-electron chi connectivity index (χ1n) is 6.72. The Kier molecular flexibility index (Phi) is 3.25. The van der Waals surface area contributed by atoms with E-state index in [0.29, 0.717) is 6.54 Å². The Labute approximate surface area is 112 Å². The van der Waals surface area contributed by atoms with Crippen LogP contribution in [0.25, 0.3) is 10.9 Å². The van der Waals surface area contributed by atoms with E-state index in [2.05, 4.69) is 4.98 Å². The van der Waals surface area contributed by atoms with Crippen LogP contribution in [0.2, 0.25) is 0 Å². The zero-order chi connectivity index (χ0) is 13.2. The van der Waals surface area contributed by atoms with E-state index in [-0.39, 0.29) is 12.0 Å². The van der Waals surface area contributed by atoms with Gasteiger partial charge in [0.25, 0.3) is 5.91 Å². The number of carbonyl (C=O) groups excluding carboxylic acids is 1. The van der Waals surface area contributed by atoms with Gasteiger partial charge in [0.2, 0.25) is 0 Å². The Bertz CT molecular complexity index is 591. The summed E-state index contributed by atoms with van der Waals surface area (Å²) in [7, 11) is 0. The van der Waals surface area contributed by atoms with Gasteiger partial charge >= 0.3 is 0 Å². The number of aromatic amines is 1. The second-order valence-electron chi connectivity index (χ2n) is 5.03. The summed E-state index contributed by atoms with van der Waals surface area (Å²) in [5.41, 5.74) is 1.76. The molecule has 4 nitrogen and oxygen atoms in total. The van der Waals surface area contributed by atoms with Crippen LogP contribution in [0.15, 0.2) is 30.5 Å². The van der Waals surface area contributed by atoms with E-state index >= 15 is 0 Å². The van der Waals surface area contributed by atoms with Crippen molar-refractivity contribution in [2.24, 2.45) is 0 Å². The number of amides is 1. The first-order chi connectivity index (χ1) is 9.25. The maximum atomic E-state index is 12.6. The number of benzene rings is 1. The van der Waals surface area contributed by atoms with Crippen LogP contribution in [0.3, 0.4) is 0 Å². The van der Waals surface area contributed by atoms with Gasteiger partial charge in [0.1, 0.15) is 0 Å². The topological polar surface area (TPSA) is 45.3 Å². The fourth-order valence-corrected chi connectivity index (χ4v) is 2.60. The van der Waals surface area contributed by atoms with Crippen LogP contribution in [0.5, 0.6) is 0 Å². The number of ether oxygens (including phenoxy) is 1. The number of hydrogen-bond donors (Lipinski definition) is 1. The molecule has 1 unspecified atom stereocenters. The molecule has 0 aliphatic carbocycles. The quantitative estimate of drug-likeness (QED) is 0.853. The maximum absolute atomic E-state index is 12.6. The van der Waals surface area contributed by atoms with Gasteiger partial charge in [-0.2, -0.15) is 0 Å². The maximum Gasteiger partial charge on any atom is 0.256 e. The molecule has 1 saturated heterocycles. The molecule has 1 aromatic carbocycles. The van der Waals surface area contributed by atoms with E-state index in [1.54, 1.807) is 0 Å². The van der Waals surface area contributed by atoms with Crippen molar-refractivity contribution in [2.75, 3.05) is 19.7 Å². The molecule has 4 heteroatoms. The minimum absolute atomic E-state index is 0.0924. The lowest BCUT2D eigenvalue weighted by Gasteiger charge is -2.21. The van der Waals surface area contributed by atoms with Crippen LogP contribution in [0.1, 0.15) is 23.7 Å². The fourth-order valence-electron chi connectivity index (χ4n) is 2.60. The summed E-state index contributed by atoms with van der Waals surface area (Å²) in [6.07, 6.45) is 2.82. The standard InChI is InChI=1S/C15H18N2O2/c1-11-10-17(7-4-8-19-11)15(18)13-9-16-14-6-3-2-5-12(13)14/h2-3,5-6,9,11,16H,4,7-8,10H2,1H3. The lowest BCUT2D eigenvalue weighted by Crippen LogP contribution is -2.35. The first kappa shape index (κ1) is 12.2.